The van der Waals surface area contributed by atoms with Crippen molar-refractivity contribution in [3.05, 3.63) is 51.0 Å². The maximum absolute atomic E-state index is 13.5. The highest BCUT2D eigenvalue weighted by molar-refractivity contribution is 8.01. The van der Waals surface area contributed by atoms with E-state index in [0.717, 1.165) is 42.8 Å². The predicted molar refractivity (Wildman–Crippen MR) is 138 cm³/mol. The number of pyridine rings is 2. The quantitative estimate of drug-likeness (QED) is 0.632. The Morgan fingerprint density at radius 1 is 1.29 bits per heavy atom. The fraction of sp³-hybridized carbons (Fsp3) is 0.417. The van der Waals surface area contributed by atoms with Crippen molar-refractivity contribution < 1.29 is 9.59 Å². The maximum atomic E-state index is 13.5. The van der Waals surface area contributed by atoms with E-state index in [-0.39, 0.29) is 39.3 Å². The molecule has 8 nitrogen and oxygen atoms in total. The maximum Gasteiger partial charge on any atom is 0.276 e. The lowest BCUT2D eigenvalue weighted by Gasteiger charge is -2.38. The van der Waals surface area contributed by atoms with Gasteiger partial charge >= 0.3 is 0 Å². The number of aromatic nitrogens is 2. The van der Waals surface area contributed by atoms with Gasteiger partial charge in [0.05, 0.1) is 5.02 Å². The molecule has 11 heteroatoms. The van der Waals surface area contributed by atoms with Crippen molar-refractivity contribution >= 4 is 64.0 Å². The minimum atomic E-state index is -0.702. The second-order valence-corrected chi connectivity index (χ2v) is 12.3. The van der Waals surface area contributed by atoms with Crippen molar-refractivity contribution in [3.63, 3.8) is 0 Å². The number of nitrogens with zero attached hydrogens (tertiary/aromatic N) is 3. The minimum absolute atomic E-state index is 0.0250. The van der Waals surface area contributed by atoms with Crippen LogP contribution >= 0.6 is 35.1 Å². The number of carbonyl (C=O) groups is 2. The molecule has 2 aromatic rings. The number of hydrogen-bond acceptors (Lipinski definition) is 7. The van der Waals surface area contributed by atoms with Gasteiger partial charge in [0, 0.05) is 52.4 Å². The Kier molecular flexibility index (Phi) is 4.85. The van der Waals surface area contributed by atoms with Gasteiger partial charge in [-0.05, 0) is 37.0 Å². The van der Waals surface area contributed by atoms with E-state index in [9.17, 15) is 14.4 Å². The van der Waals surface area contributed by atoms with E-state index < -0.39 is 5.66 Å². The Morgan fingerprint density at radius 2 is 2.11 bits per heavy atom. The summed E-state index contributed by atoms with van der Waals surface area (Å²) in [5.41, 5.74) is 1.68. The van der Waals surface area contributed by atoms with Crippen LogP contribution in [0.5, 0.6) is 0 Å². The van der Waals surface area contributed by atoms with Gasteiger partial charge in [0.1, 0.15) is 22.9 Å². The first-order valence-corrected chi connectivity index (χ1v) is 14.1. The highest BCUT2D eigenvalue weighted by atomic mass is 35.5. The highest BCUT2D eigenvalue weighted by Crippen LogP contribution is 2.52. The molecule has 2 saturated heterocycles. The van der Waals surface area contributed by atoms with Gasteiger partial charge in [-0.25, -0.2) is 4.98 Å². The predicted octanol–water partition coefficient (Wildman–Crippen LogP) is 3.28. The van der Waals surface area contributed by atoms with Gasteiger partial charge in [0.2, 0.25) is 5.91 Å². The second-order valence-electron chi connectivity index (χ2n) is 9.64. The summed E-state index contributed by atoms with van der Waals surface area (Å²) in [7, 11) is 0. The first-order valence-electron chi connectivity index (χ1n) is 11.7. The summed E-state index contributed by atoms with van der Waals surface area (Å²) in [6, 6.07) is 3.51. The van der Waals surface area contributed by atoms with Gasteiger partial charge in [0.15, 0.2) is 0 Å². The van der Waals surface area contributed by atoms with Gasteiger partial charge in [-0.15, -0.1) is 11.8 Å². The lowest BCUT2D eigenvalue weighted by atomic mass is 9.85. The molecule has 6 heterocycles. The fourth-order valence-corrected chi connectivity index (χ4v) is 8.29. The molecule has 0 saturated carbocycles. The zero-order chi connectivity index (χ0) is 23.9. The fourth-order valence-electron chi connectivity index (χ4n) is 5.57. The van der Waals surface area contributed by atoms with E-state index in [1.165, 1.54) is 16.2 Å². The Labute approximate surface area is 214 Å². The average Bonchev–Trinajstić information content (AvgIpc) is 3.31. The topological polar surface area (TPSA) is 96.3 Å². The number of fused-ring (bicyclic) bond motifs is 5. The standard InChI is InChI=1S/C24H22ClN5O3S2/c25-14-9-15(23(33)30-19(14)21(31)28-24(30)10-34-11-24)27-20-18-13-3-2-12(22(32)29-6-1-7-29)8-17(13)35-16(18)4-5-26-20/h3-5,9,12,17H,1-2,6-8,10-11H2,(H,26,27)(H,28,31)/t12-,17?/m0/s1. The number of rotatable bonds is 3. The SMILES string of the molecule is O=C1NC2(CSC2)n2c1c(Cl)cc(Nc1nccc3c1C1=CC[C@H](C(=O)N4CCC4)CC1S3)c2=O. The van der Waals surface area contributed by atoms with Crippen LogP contribution in [0, 0.1) is 5.92 Å². The van der Waals surface area contributed by atoms with Crippen molar-refractivity contribution in [1.82, 2.24) is 19.8 Å². The summed E-state index contributed by atoms with van der Waals surface area (Å²) in [6.45, 7) is 1.75. The first kappa shape index (κ1) is 21.8. The van der Waals surface area contributed by atoms with E-state index in [2.05, 4.69) is 21.7 Å². The van der Waals surface area contributed by atoms with Gasteiger partial charge in [-0.2, -0.15) is 11.8 Å². The molecule has 7 rings (SSSR count). The van der Waals surface area contributed by atoms with Crippen molar-refractivity contribution in [1.29, 1.82) is 0 Å². The Bertz CT molecular complexity index is 1400. The molecule has 2 atom stereocenters. The van der Waals surface area contributed by atoms with Crippen LogP contribution in [-0.4, -0.2) is 56.1 Å². The van der Waals surface area contributed by atoms with Crippen LogP contribution in [0.3, 0.4) is 0 Å². The van der Waals surface area contributed by atoms with Gasteiger partial charge < -0.3 is 15.5 Å². The van der Waals surface area contributed by atoms with Crippen LogP contribution < -0.4 is 16.2 Å². The molecular weight excluding hydrogens is 506 g/mol. The van der Waals surface area contributed by atoms with E-state index in [4.69, 9.17) is 11.6 Å². The van der Waals surface area contributed by atoms with Crippen molar-refractivity contribution in [3.8, 4) is 0 Å². The molecule has 0 bridgehead atoms. The second kappa shape index (κ2) is 7.78. The molecule has 1 spiro atoms. The molecule has 5 aliphatic rings. The number of allylic oxidation sites excluding steroid dienone is 1. The third kappa shape index (κ3) is 3.15. The van der Waals surface area contributed by atoms with Crippen molar-refractivity contribution in [2.24, 2.45) is 5.92 Å². The number of nitrogens with one attached hydrogen (secondary N) is 2. The van der Waals surface area contributed by atoms with E-state index in [0.29, 0.717) is 23.0 Å². The van der Waals surface area contributed by atoms with E-state index >= 15 is 0 Å². The van der Waals surface area contributed by atoms with Crippen LogP contribution in [0.1, 0.15) is 35.3 Å². The molecular formula is C24H22ClN5O3S2. The summed E-state index contributed by atoms with van der Waals surface area (Å²) in [4.78, 5) is 46.5. The van der Waals surface area contributed by atoms with Gasteiger partial charge in [-0.3, -0.25) is 19.0 Å². The number of amides is 2. The molecule has 1 aliphatic carbocycles. The lowest BCUT2D eigenvalue weighted by molar-refractivity contribution is -0.139. The largest absolute Gasteiger partial charge is 0.342 e. The molecule has 4 aliphatic heterocycles. The number of carbonyl (C=O) groups excluding carboxylic acids is 2. The Morgan fingerprint density at radius 3 is 2.83 bits per heavy atom. The monoisotopic (exact) mass is 527 g/mol. The van der Waals surface area contributed by atoms with Crippen LogP contribution in [0.2, 0.25) is 5.02 Å². The van der Waals surface area contributed by atoms with Gasteiger partial charge in [-0.1, -0.05) is 17.7 Å². The van der Waals surface area contributed by atoms with E-state index in [1.807, 2.05) is 11.0 Å². The number of thioether (sulfide) groups is 2. The average molecular weight is 528 g/mol. The number of anilines is 2. The lowest BCUT2D eigenvalue weighted by Crippen LogP contribution is -2.57. The van der Waals surface area contributed by atoms with E-state index in [1.54, 1.807) is 29.7 Å². The summed E-state index contributed by atoms with van der Waals surface area (Å²) < 4.78 is 1.52. The third-order valence-corrected chi connectivity index (χ3v) is 10.5. The molecule has 1 unspecified atom stereocenters. The highest BCUT2D eigenvalue weighted by Gasteiger charge is 2.50. The summed E-state index contributed by atoms with van der Waals surface area (Å²) >= 11 is 9.92. The first-order chi connectivity index (χ1) is 16.9. The normalized spacial score (nSPS) is 25.1. The number of likely N-dealkylation sites (tertiary alicyclic amines) is 1. The molecule has 180 valence electrons. The Hall–Kier alpha value is -2.43. The van der Waals surface area contributed by atoms with Crippen molar-refractivity contribution in [2.45, 2.75) is 35.1 Å². The van der Waals surface area contributed by atoms with Gasteiger partial charge in [0.25, 0.3) is 11.5 Å². The third-order valence-electron chi connectivity index (χ3n) is 7.53. The molecule has 2 amide bonds. The zero-order valence-corrected chi connectivity index (χ0v) is 21.1. The van der Waals surface area contributed by atoms with Crippen LogP contribution in [0.4, 0.5) is 11.5 Å². The number of halogens is 1. The zero-order valence-electron chi connectivity index (χ0n) is 18.7. The van der Waals surface area contributed by atoms with Crippen LogP contribution in [-0.2, 0) is 10.5 Å². The minimum Gasteiger partial charge on any atom is -0.342 e. The van der Waals surface area contributed by atoms with Crippen LogP contribution in [0.15, 0.2) is 34.1 Å². The molecule has 2 aromatic heterocycles. The Balaban J connectivity index is 1.23. The summed E-state index contributed by atoms with van der Waals surface area (Å²) in [5, 5.41) is 6.62. The molecule has 0 aromatic carbocycles. The molecule has 35 heavy (non-hydrogen) atoms. The number of hydrogen-bond donors (Lipinski definition) is 2. The summed E-state index contributed by atoms with van der Waals surface area (Å²) in [6.07, 6.45) is 6.53. The summed E-state index contributed by atoms with van der Waals surface area (Å²) in [5.74, 6) is 1.84. The molecule has 2 N–H and O–H groups in total. The molecule has 0 radical (unpaired) electrons. The van der Waals surface area contributed by atoms with Crippen LogP contribution in [0.25, 0.3) is 5.57 Å². The molecule has 2 fully saturated rings. The van der Waals surface area contributed by atoms with Crippen molar-refractivity contribution in [2.75, 3.05) is 29.9 Å². The smallest absolute Gasteiger partial charge is 0.276 e.